The number of hydrogen-bond donors (Lipinski definition) is 1. The molecule has 2 unspecified atom stereocenters. The first-order valence-electron chi connectivity index (χ1n) is 6.07. The van der Waals surface area contributed by atoms with Crippen molar-refractivity contribution in [2.24, 2.45) is 5.73 Å². The lowest BCUT2D eigenvalue weighted by Crippen LogP contribution is -2.42. The van der Waals surface area contributed by atoms with E-state index in [1.54, 1.807) is 12.3 Å². The van der Waals surface area contributed by atoms with Crippen molar-refractivity contribution in [3.63, 3.8) is 0 Å². The van der Waals surface area contributed by atoms with Gasteiger partial charge in [-0.15, -0.1) is 0 Å². The standard InChI is InChI=1S/C12H15N5O2/c1-7-14-4-3-8(15-7)10-16-11(19-17-10)12(2)6-18-5-9(12)13/h3-4,9H,5-6,13H2,1-2H3. The number of hydrogen-bond acceptors (Lipinski definition) is 7. The van der Waals surface area contributed by atoms with E-state index in [2.05, 4.69) is 20.1 Å². The zero-order valence-electron chi connectivity index (χ0n) is 10.8. The Morgan fingerprint density at radius 3 is 2.95 bits per heavy atom. The Labute approximate surface area is 110 Å². The molecular formula is C12H15N5O2. The summed E-state index contributed by atoms with van der Waals surface area (Å²) in [5, 5.41) is 3.96. The van der Waals surface area contributed by atoms with Crippen LogP contribution in [0.5, 0.6) is 0 Å². The van der Waals surface area contributed by atoms with Crippen LogP contribution in [0.2, 0.25) is 0 Å². The van der Waals surface area contributed by atoms with Crippen molar-refractivity contribution in [3.05, 3.63) is 24.0 Å². The molecule has 0 amide bonds. The molecular weight excluding hydrogens is 246 g/mol. The Kier molecular flexibility index (Phi) is 2.79. The minimum absolute atomic E-state index is 0.145. The first-order chi connectivity index (χ1) is 9.09. The van der Waals surface area contributed by atoms with E-state index in [0.717, 1.165) is 0 Å². The monoisotopic (exact) mass is 261 g/mol. The van der Waals surface area contributed by atoms with Crippen molar-refractivity contribution in [1.29, 1.82) is 0 Å². The van der Waals surface area contributed by atoms with Gasteiger partial charge < -0.3 is 15.0 Å². The fourth-order valence-electron chi connectivity index (χ4n) is 2.05. The third-order valence-electron chi connectivity index (χ3n) is 3.44. The van der Waals surface area contributed by atoms with Crippen molar-refractivity contribution in [2.75, 3.05) is 13.2 Å². The number of nitrogens with zero attached hydrogens (tertiary/aromatic N) is 4. The number of rotatable bonds is 2. The summed E-state index contributed by atoms with van der Waals surface area (Å²) in [4.78, 5) is 12.7. The van der Waals surface area contributed by atoms with Gasteiger partial charge in [0, 0.05) is 12.2 Å². The lowest BCUT2D eigenvalue weighted by molar-refractivity contribution is 0.169. The van der Waals surface area contributed by atoms with E-state index >= 15 is 0 Å². The fraction of sp³-hybridized carbons (Fsp3) is 0.500. The van der Waals surface area contributed by atoms with Crippen LogP contribution in [-0.4, -0.2) is 39.4 Å². The SMILES string of the molecule is Cc1nccc(-c2noc(C3(C)COCC3N)n2)n1. The normalized spacial score (nSPS) is 26.8. The maximum Gasteiger partial charge on any atom is 0.236 e. The van der Waals surface area contributed by atoms with E-state index in [1.807, 2.05) is 13.8 Å². The summed E-state index contributed by atoms with van der Waals surface area (Å²) in [6.07, 6.45) is 1.67. The highest BCUT2D eigenvalue weighted by atomic mass is 16.5. The topological polar surface area (TPSA) is 100.0 Å². The molecule has 1 aliphatic rings. The quantitative estimate of drug-likeness (QED) is 0.837. The maximum absolute atomic E-state index is 6.04. The van der Waals surface area contributed by atoms with Gasteiger partial charge in [-0.1, -0.05) is 5.16 Å². The first-order valence-corrected chi connectivity index (χ1v) is 6.07. The summed E-state index contributed by atoms with van der Waals surface area (Å²) in [5.41, 5.74) is 6.24. The summed E-state index contributed by atoms with van der Waals surface area (Å²) in [7, 11) is 0. The van der Waals surface area contributed by atoms with Gasteiger partial charge in [0.2, 0.25) is 11.7 Å². The third-order valence-corrected chi connectivity index (χ3v) is 3.44. The molecule has 2 N–H and O–H groups in total. The largest absolute Gasteiger partial charge is 0.379 e. The molecule has 100 valence electrons. The van der Waals surface area contributed by atoms with Crippen LogP contribution in [0.3, 0.4) is 0 Å². The van der Waals surface area contributed by atoms with Gasteiger partial charge in [-0.05, 0) is 19.9 Å². The highest BCUT2D eigenvalue weighted by Crippen LogP contribution is 2.31. The van der Waals surface area contributed by atoms with Gasteiger partial charge in [0.15, 0.2) is 0 Å². The second-order valence-electron chi connectivity index (χ2n) is 4.95. The Bertz CT molecular complexity index is 599. The molecule has 0 aliphatic carbocycles. The molecule has 2 aromatic heterocycles. The van der Waals surface area contributed by atoms with Gasteiger partial charge in [-0.2, -0.15) is 4.98 Å². The van der Waals surface area contributed by atoms with Crippen LogP contribution >= 0.6 is 0 Å². The predicted molar refractivity (Wildman–Crippen MR) is 66.2 cm³/mol. The second-order valence-corrected chi connectivity index (χ2v) is 4.95. The highest BCUT2D eigenvalue weighted by Gasteiger charge is 2.44. The van der Waals surface area contributed by atoms with E-state index in [0.29, 0.717) is 36.4 Å². The highest BCUT2D eigenvalue weighted by molar-refractivity contribution is 5.47. The zero-order valence-corrected chi connectivity index (χ0v) is 10.8. The van der Waals surface area contributed by atoms with Crippen LogP contribution in [0.4, 0.5) is 0 Å². The van der Waals surface area contributed by atoms with Crippen molar-refractivity contribution in [1.82, 2.24) is 20.1 Å². The molecule has 3 rings (SSSR count). The summed E-state index contributed by atoms with van der Waals surface area (Å²) in [6.45, 7) is 4.76. The van der Waals surface area contributed by atoms with E-state index in [1.165, 1.54) is 0 Å². The van der Waals surface area contributed by atoms with Crippen molar-refractivity contribution < 1.29 is 9.26 Å². The fourth-order valence-corrected chi connectivity index (χ4v) is 2.05. The van der Waals surface area contributed by atoms with Gasteiger partial charge in [0.25, 0.3) is 0 Å². The molecule has 19 heavy (non-hydrogen) atoms. The lowest BCUT2D eigenvalue weighted by atomic mass is 9.86. The van der Waals surface area contributed by atoms with E-state index in [4.69, 9.17) is 15.0 Å². The van der Waals surface area contributed by atoms with Crippen LogP contribution in [0, 0.1) is 6.92 Å². The molecule has 0 bridgehead atoms. The summed E-state index contributed by atoms with van der Waals surface area (Å²) in [6, 6.07) is 1.60. The Morgan fingerprint density at radius 2 is 2.26 bits per heavy atom. The molecule has 0 spiro atoms. The average Bonchev–Trinajstić information content (AvgIpc) is 2.99. The average molecular weight is 261 g/mol. The van der Waals surface area contributed by atoms with Crippen molar-refractivity contribution >= 4 is 0 Å². The minimum Gasteiger partial charge on any atom is -0.379 e. The molecule has 0 aromatic carbocycles. The summed E-state index contributed by atoms with van der Waals surface area (Å²) < 4.78 is 10.7. The van der Waals surface area contributed by atoms with Gasteiger partial charge >= 0.3 is 0 Å². The first kappa shape index (κ1) is 12.2. The molecule has 7 nitrogen and oxygen atoms in total. The van der Waals surface area contributed by atoms with E-state index < -0.39 is 5.41 Å². The molecule has 0 saturated carbocycles. The van der Waals surface area contributed by atoms with Crippen molar-refractivity contribution in [2.45, 2.75) is 25.3 Å². The molecule has 1 saturated heterocycles. The van der Waals surface area contributed by atoms with Crippen LogP contribution in [-0.2, 0) is 10.2 Å². The maximum atomic E-state index is 6.04. The van der Waals surface area contributed by atoms with Gasteiger partial charge in [0.05, 0.1) is 18.6 Å². The van der Waals surface area contributed by atoms with Gasteiger partial charge in [0.1, 0.15) is 11.5 Å². The number of nitrogens with two attached hydrogens (primary N) is 1. The molecule has 0 radical (unpaired) electrons. The predicted octanol–water partition coefficient (Wildman–Crippen LogP) is 0.450. The Morgan fingerprint density at radius 1 is 1.42 bits per heavy atom. The van der Waals surface area contributed by atoms with E-state index in [9.17, 15) is 0 Å². The number of aryl methyl sites for hydroxylation is 1. The molecule has 1 fully saturated rings. The summed E-state index contributed by atoms with van der Waals surface area (Å²) >= 11 is 0. The number of aromatic nitrogens is 4. The molecule has 1 aliphatic heterocycles. The minimum atomic E-state index is -0.437. The zero-order chi connectivity index (χ0) is 13.5. The van der Waals surface area contributed by atoms with Gasteiger partial charge in [-0.3, -0.25) is 0 Å². The van der Waals surface area contributed by atoms with Crippen LogP contribution in [0.15, 0.2) is 16.8 Å². The van der Waals surface area contributed by atoms with Gasteiger partial charge in [-0.25, -0.2) is 9.97 Å². The Balaban J connectivity index is 1.96. The molecule has 2 atom stereocenters. The summed E-state index contributed by atoms with van der Waals surface area (Å²) in [5.74, 6) is 1.60. The number of ether oxygens (including phenoxy) is 1. The molecule has 2 aromatic rings. The van der Waals surface area contributed by atoms with Crippen LogP contribution < -0.4 is 5.73 Å². The van der Waals surface area contributed by atoms with Crippen LogP contribution in [0.25, 0.3) is 11.5 Å². The molecule has 7 heteroatoms. The van der Waals surface area contributed by atoms with Crippen molar-refractivity contribution in [3.8, 4) is 11.5 Å². The van der Waals surface area contributed by atoms with E-state index in [-0.39, 0.29) is 6.04 Å². The molecule has 3 heterocycles. The van der Waals surface area contributed by atoms with Crippen LogP contribution in [0.1, 0.15) is 18.6 Å². The third kappa shape index (κ3) is 2.00. The lowest BCUT2D eigenvalue weighted by Gasteiger charge is -2.21. The second kappa shape index (κ2) is 4.36. The Hall–Kier alpha value is -1.86. The smallest absolute Gasteiger partial charge is 0.236 e.